The van der Waals surface area contributed by atoms with E-state index >= 15 is 0 Å². The Balaban J connectivity index is 0.000000948. The largest absolute Gasteiger partial charge is 0.330 e. The van der Waals surface area contributed by atoms with Gasteiger partial charge < -0.3 is 9.80 Å². The van der Waals surface area contributed by atoms with Crippen molar-refractivity contribution in [3.63, 3.8) is 0 Å². The van der Waals surface area contributed by atoms with E-state index in [2.05, 4.69) is 68.7 Å². The fourth-order valence-electron chi connectivity index (χ4n) is 4.75. The zero-order valence-corrected chi connectivity index (χ0v) is 17.2. The van der Waals surface area contributed by atoms with Gasteiger partial charge >= 0.3 is 0 Å². The highest BCUT2D eigenvalue weighted by molar-refractivity contribution is 5.81. The Hall–Kier alpha value is -2.10. The van der Waals surface area contributed by atoms with Gasteiger partial charge in [-0.1, -0.05) is 52.8 Å². The third kappa shape index (κ3) is 2.50. The first-order valence-corrected chi connectivity index (χ1v) is 9.96. The van der Waals surface area contributed by atoms with Crippen LogP contribution in [0, 0.1) is 5.92 Å². The first-order valence-electron chi connectivity index (χ1n) is 9.96. The molecule has 0 N–H and O–H groups in total. The summed E-state index contributed by atoms with van der Waals surface area (Å²) in [5.41, 5.74) is 2.80. The molecule has 1 aromatic carbocycles. The molecular formula is C22H32N4. The van der Waals surface area contributed by atoms with E-state index in [1.807, 2.05) is 26.2 Å². The SMILES string of the molecule is CC.CCC1C2N(c3ccccc3C1(C)C)c1nccnc1N2C(C)C. The lowest BCUT2D eigenvalue weighted by Gasteiger charge is -2.51. The van der Waals surface area contributed by atoms with Crippen LogP contribution in [0.3, 0.4) is 0 Å². The number of nitrogens with zero attached hydrogens (tertiary/aromatic N) is 4. The van der Waals surface area contributed by atoms with Crippen LogP contribution < -0.4 is 9.80 Å². The number of anilines is 3. The molecule has 140 valence electrons. The molecule has 1 aromatic heterocycles. The normalized spacial score (nSPS) is 22.3. The second kappa shape index (κ2) is 6.90. The maximum atomic E-state index is 4.71. The molecule has 0 aliphatic carbocycles. The Kier molecular flexibility index (Phi) is 4.96. The predicted octanol–water partition coefficient (Wildman–Crippen LogP) is 5.51. The van der Waals surface area contributed by atoms with E-state index in [0.717, 1.165) is 18.1 Å². The Bertz CT molecular complexity index is 768. The van der Waals surface area contributed by atoms with Gasteiger partial charge in [0.05, 0.1) is 0 Å². The number of hydrogen-bond donors (Lipinski definition) is 0. The van der Waals surface area contributed by atoms with Gasteiger partial charge in [-0.25, -0.2) is 9.97 Å². The summed E-state index contributed by atoms with van der Waals surface area (Å²) in [7, 11) is 0. The molecule has 3 heterocycles. The maximum absolute atomic E-state index is 4.71. The van der Waals surface area contributed by atoms with Crippen LogP contribution in [0.5, 0.6) is 0 Å². The number of hydrogen-bond acceptors (Lipinski definition) is 4. The molecule has 2 unspecified atom stereocenters. The van der Waals surface area contributed by atoms with Crippen molar-refractivity contribution in [2.24, 2.45) is 5.92 Å². The predicted molar refractivity (Wildman–Crippen MR) is 110 cm³/mol. The minimum Gasteiger partial charge on any atom is -0.330 e. The average Bonchev–Trinajstić information content (AvgIpc) is 2.98. The Labute approximate surface area is 158 Å². The summed E-state index contributed by atoms with van der Waals surface area (Å²) in [4.78, 5) is 14.3. The van der Waals surface area contributed by atoms with E-state index in [1.165, 1.54) is 11.3 Å². The highest BCUT2D eigenvalue weighted by Gasteiger charge is 2.53. The molecule has 4 rings (SSSR count). The van der Waals surface area contributed by atoms with E-state index in [9.17, 15) is 0 Å². The van der Waals surface area contributed by atoms with Gasteiger partial charge in [0.25, 0.3) is 0 Å². The zero-order chi connectivity index (χ0) is 19.1. The lowest BCUT2D eigenvalue weighted by Crippen LogP contribution is -2.57. The van der Waals surface area contributed by atoms with Crippen molar-refractivity contribution < 1.29 is 0 Å². The van der Waals surface area contributed by atoms with Crippen LogP contribution in [0.25, 0.3) is 0 Å². The minimum atomic E-state index is 0.113. The summed E-state index contributed by atoms with van der Waals surface area (Å²) < 4.78 is 0. The summed E-state index contributed by atoms with van der Waals surface area (Å²) in [5.74, 6) is 2.52. The highest BCUT2D eigenvalue weighted by Crippen LogP contribution is 2.55. The third-order valence-electron chi connectivity index (χ3n) is 5.82. The zero-order valence-electron chi connectivity index (χ0n) is 17.2. The Morgan fingerprint density at radius 1 is 1.04 bits per heavy atom. The smallest absolute Gasteiger partial charge is 0.178 e. The van der Waals surface area contributed by atoms with E-state index in [1.54, 1.807) is 0 Å². The average molecular weight is 353 g/mol. The van der Waals surface area contributed by atoms with E-state index in [-0.39, 0.29) is 11.6 Å². The molecular weight excluding hydrogens is 320 g/mol. The molecule has 0 spiro atoms. The fraction of sp³-hybridized carbons (Fsp3) is 0.545. The fourth-order valence-corrected chi connectivity index (χ4v) is 4.75. The quantitative estimate of drug-likeness (QED) is 0.713. The van der Waals surface area contributed by atoms with Gasteiger partial charge in [0.15, 0.2) is 11.6 Å². The van der Waals surface area contributed by atoms with Crippen LogP contribution in [-0.4, -0.2) is 22.2 Å². The van der Waals surface area contributed by atoms with Crippen LogP contribution in [-0.2, 0) is 5.41 Å². The van der Waals surface area contributed by atoms with E-state index in [4.69, 9.17) is 9.97 Å². The molecule has 2 aliphatic heterocycles. The van der Waals surface area contributed by atoms with Gasteiger partial charge in [0.1, 0.15) is 6.17 Å². The molecule has 2 aliphatic rings. The highest BCUT2D eigenvalue weighted by atomic mass is 15.5. The van der Waals surface area contributed by atoms with Crippen molar-refractivity contribution in [1.29, 1.82) is 0 Å². The summed E-state index contributed by atoms with van der Waals surface area (Å²) in [5, 5.41) is 0. The second-order valence-corrected chi connectivity index (χ2v) is 7.74. The first kappa shape index (κ1) is 18.7. The Morgan fingerprint density at radius 3 is 2.27 bits per heavy atom. The number of rotatable bonds is 2. The van der Waals surface area contributed by atoms with Crippen LogP contribution in [0.15, 0.2) is 36.7 Å². The summed E-state index contributed by atoms with van der Waals surface area (Å²) >= 11 is 0. The van der Waals surface area contributed by atoms with E-state index < -0.39 is 0 Å². The summed E-state index contributed by atoms with van der Waals surface area (Å²) in [6.45, 7) is 15.6. The molecule has 0 amide bonds. The number of benzene rings is 1. The summed E-state index contributed by atoms with van der Waals surface area (Å²) in [6.07, 6.45) is 5.02. The lowest BCUT2D eigenvalue weighted by molar-refractivity contribution is 0.236. The van der Waals surface area contributed by atoms with Crippen molar-refractivity contribution in [3.05, 3.63) is 42.2 Å². The lowest BCUT2D eigenvalue weighted by atomic mass is 9.67. The van der Waals surface area contributed by atoms with Crippen LogP contribution >= 0.6 is 0 Å². The first-order chi connectivity index (χ1) is 12.5. The number of aromatic nitrogens is 2. The monoisotopic (exact) mass is 352 g/mol. The molecule has 2 aromatic rings. The molecule has 0 saturated heterocycles. The van der Waals surface area contributed by atoms with Gasteiger partial charge in [0.2, 0.25) is 0 Å². The van der Waals surface area contributed by atoms with Gasteiger partial charge in [-0.2, -0.15) is 0 Å². The van der Waals surface area contributed by atoms with E-state index in [0.29, 0.717) is 12.0 Å². The Morgan fingerprint density at radius 2 is 1.65 bits per heavy atom. The molecule has 0 bridgehead atoms. The van der Waals surface area contributed by atoms with Crippen molar-refractivity contribution >= 4 is 17.3 Å². The molecule has 26 heavy (non-hydrogen) atoms. The van der Waals surface area contributed by atoms with Gasteiger partial charge in [-0.3, -0.25) is 0 Å². The third-order valence-corrected chi connectivity index (χ3v) is 5.82. The second-order valence-electron chi connectivity index (χ2n) is 7.74. The molecule has 4 nitrogen and oxygen atoms in total. The van der Waals surface area contributed by atoms with Crippen LogP contribution in [0.4, 0.5) is 17.3 Å². The van der Waals surface area contributed by atoms with Gasteiger partial charge in [-0.15, -0.1) is 0 Å². The molecule has 2 atom stereocenters. The van der Waals surface area contributed by atoms with Gasteiger partial charge in [-0.05, 0) is 37.3 Å². The van der Waals surface area contributed by atoms with Crippen molar-refractivity contribution in [2.45, 2.75) is 72.5 Å². The molecule has 0 radical (unpaired) electrons. The number of para-hydroxylation sites is 1. The van der Waals surface area contributed by atoms with Crippen molar-refractivity contribution in [1.82, 2.24) is 9.97 Å². The molecule has 4 heteroatoms. The molecule has 0 saturated carbocycles. The topological polar surface area (TPSA) is 32.3 Å². The van der Waals surface area contributed by atoms with Crippen LogP contribution in [0.2, 0.25) is 0 Å². The number of fused-ring (bicyclic) bond motifs is 5. The van der Waals surface area contributed by atoms with Gasteiger partial charge in [0, 0.05) is 30.0 Å². The minimum absolute atomic E-state index is 0.113. The summed E-state index contributed by atoms with van der Waals surface area (Å²) in [6, 6.07) is 9.18. The van der Waals surface area contributed by atoms with Crippen LogP contribution in [0.1, 0.15) is 60.5 Å². The maximum Gasteiger partial charge on any atom is 0.178 e. The van der Waals surface area contributed by atoms with Crippen molar-refractivity contribution in [2.75, 3.05) is 9.80 Å². The van der Waals surface area contributed by atoms with Crippen molar-refractivity contribution in [3.8, 4) is 0 Å². The standard InChI is InChI=1S/C20H26N4.C2H6/c1-6-14-19-23(13(2)3)17-18(22-12-11-21-17)24(19)16-10-8-7-9-15(16)20(14,4)5;1-2/h7-14,19H,6H2,1-5H3;1-2H3. The molecule has 0 fully saturated rings.